The molecule has 0 bridgehead atoms. The molecule has 3 aromatic rings. The van der Waals surface area contributed by atoms with Crippen LogP contribution >= 0.6 is 23.1 Å². The summed E-state index contributed by atoms with van der Waals surface area (Å²) in [5, 5.41) is 12.2. The second-order valence-electron chi connectivity index (χ2n) is 5.49. The largest absolute Gasteiger partial charge is 0.454 e. The highest BCUT2D eigenvalue weighted by molar-refractivity contribution is 8.01. The smallest absolute Gasteiger partial charge is 0.231 e. The molecule has 0 unspecified atom stereocenters. The number of aromatic nitrogens is 2. The Hall–Kier alpha value is -2.58. The number of thioether (sulfide) groups is 1. The van der Waals surface area contributed by atoms with Gasteiger partial charge in [-0.3, -0.25) is 4.79 Å². The van der Waals surface area contributed by atoms with Gasteiger partial charge in [-0.1, -0.05) is 53.4 Å². The van der Waals surface area contributed by atoms with Crippen molar-refractivity contribution in [1.82, 2.24) is 10.2 Å². The summed E-state index contributed by atoms with van der Waals surface area (Å²) in [6, 6.07) is 15.3. The number of nitrogens with one attached hydrogen (secondary N) is 1. The fourth-order valence-electron chi connectivity index (χ4n) is 2.39. The van der Waals surface area contributed by atoms with Gasteiger partial charge in [-0.15, -0.1) is 10.2 Å². The van der Waals surface area contributed by atoms with Gasteiger partial charge < -0.3 is 14.8 Å². The van der Waals surface area contributed by atoms with Gasteiger partial charge >= 0.3 is 0 Å². The molecule has 1 N–H and O–H groups in total. The Kier molecular flexibility index (Phi) is 5.03. The van der Waals surface area contributed by atoms with E-state index in [2.05, 4.69) is 15.5 Å². The molecule has 0 saturated carbocycles. The summed E-state index contributed by atoms with van der Waals surface area (Å²) in [7, 11) is 0. The van der Waals surface area contributed by atoms with Gasteiger partial charge in [0.1, 0.15) is 0 Å². The highest BCUT2D eigenvalue weighted by atomic mass is 32.2. The molecular weight excluding hydrogens is 370 g/mol. The second-order valence-corrected chi connectivity index (χ2v) is 7.69. The first kappa shape index (κ1) is 16.9. The van der Waals surface area contributed by atoms with Crippen LogP contribution in [0.5, 0.6) is 11.5 Å². The minimum Gasteiger partial charge on any atom is -0.454 e. The molecule has 2 aromatic carbocycles. The van der Waals surface area contributed by atoms with Gasteiger partial charge in [-0.05, 0) is 23.8 Å². The summed E-state index contributed by atoms with van der Waals surface area (Å²) in [5.41, 5.74) is 1.78. The van der Waals surface area contributed by atoms with Crippen molar-refractivity contribution < 1.29 is 14.3 Å². The molecule has 0 atom stereocenters. The second kappa shape index (κ2) is 7.76. The van der Waals surface area contributed by atoms with E-state index in [0.29, 0.717) is 29.4 Å². The van der Waals surface area contributed by atoms with E-state index in [4.69, 9.17) is 9.47 Å². The van der Waals surface area contributed by atoms with Crippen LogP contribution in [-0.2, 0) is 6.54 Å². The van der Waals surface area contributed by atoms with E-state index in [0.717, 1.165) is 9.47 Å². The van der Waals surface area contributed by atoms with Crippen LogP contribution in [0.1, 0.15) is 15.9 Å². The van der Waals surface area contributed by atoms with Gasteiger partial charge in [-0.2, -0.15) is 0 Å². The fraction of sp³-hybridized carbons (Fsp3) is 0.167. The number of carbonyl (C=O) groups excluding carboxylic acids is 1. The van der Waals surface area contributed by atoms with E-state index in [-0.39, 0.29) is 12.6 Å². The lowest BCUT2D eigenvalue weighted by atomic mass is 10.1. The molecule has 0 fully saturated rings. The van der Waals surface area contributed by atoms with Crippen molar-refractivity contribution in [2.45, 2.75) is 10.9 Å². The molecule has 0 radical (unpaired) electrons. The van der Waals surface area contributed by atoms with E-state index in [1.165, 1.54) is 28.7 Å². The lowest BCUT2D eigenvalue weighted by molar-refractivity contribution is 0.102. The highest BCUT2D eigenvalue weighted by Gasteiger charge is 2.17. The average molecular weight is 385 g/mol. The molecule has 1 aliphatic rings. The van der Waals surface area contributed by atoms with Crippen molar-refractivity contribution in [3.8, 4) is 11.5 Å². The first-order valence-electron chi connectivity index (χ1n) is 7.95. The highest BCUT2D eigenvalue weighted by Crippen LogP contribution is 2.33. The van der Waals surface area contributed by atoms with E-state index >= 15 is 0 Å². The average Bonchev–Trinajstić information content (AvgIpc) is 3.33. The maximum Gasteiger partial charge on any atom is 0.231 e. The SMILES string of the molecule is O=C(CSc1nnc(NCc2ccccc2)s1)c1ccc2c(c1)OCO2. The molecule has 132 valence electrons. The summed E-state index contributed by atoms with van der Waals surface area (Å²) < 4.78 is 11.3. The molecular formula is C18H15N3O3S2. The van der Waals surface area contributed by atoms with E-state index < -0.39 is 0 Å². The van der Waals surface area contributed by atoms with E-state index in [9.17, 15) is 4.79 Å². The molecule has 8 heteroatoms. The number of hydrogen-bond donors (Lipinski definition) is 1. The van der Waals surface area contributed by atoms with Crippen LogP contribution in [0.2, 0.25) is 0 Å². The topological polar surface area (TPSA) is 73.3 Å². The van der Waals surface area contributed by atoms with Crippen molar-refractivity contribution in [2.24, 2.45) is 0 Å². The molecule has 4 rings (SSSR count). The molecule has 0 saturated heterocycles. The predicted octanol–water partition coefficient (Wildman–Crippen LogP) is 3.85. The summed E-state index contributed by atoms with van der Waals surface area (Å²) in [4.78, 5) is 12.4. The number of nitrogens with zero attached hydrogens (tertiary/aromatic N) is 2. The zero-order valence-corrected chi connectivity index (χ0v) is 15.3. The molecule has 0 aliphatic carbocycles. The Bertz CT molecular complexity index is 915. The predicted molar refractivity (Wildman–Crippen MR) is 101 cm³/mol. The zero-order valence-electron chi connectivity index (χ0n) is 13.7. The maximum atomic E-state index is 12.4. The quantitative estimate of drug-likeness (QED) is 0.489. The number of carbonyl (C=O) groups is 1. The third-order valence-corrected chi connectivity index (χ3v) is 5.73. The maximum absolute atomic E-state index is 12.4. The lowest BCUT2D eigenvalue weighted by Gasteiger charge is -2.01. The third-order valence-electron chi connectivity index (χ3n) is 3.71. The molecule has 6 nitrogen and oxygen atoms in total. The van der Waals surface area contributed by atoms with Crippen LogP contribution in [0.15, 0.2) is 52.9 Å². The van der Waals surface area contributed by atoms with Crippen LogP contribution in [0, 0.1) is 0 Å². The summed E-state index contributed by atoms with van der Waals surface area (Å²) in [6.45, 7) is 0.890. The number of ether oxygens (including phenoxy) is 2. The Morgan fingerprint density at radius 1 is 1.12 bits per heavy atom. The van der Waals surface area contributed by atoms with Crippen molar-refractivity contribution in [3.63, 3.8) is 0 Å². The van der Waals surface area contributed by atoms with Gasteiger partial charge in [0.2, 0.25) is 11.9 Å². The number of anilines is 1. The van der Waals surface area contributed by atoms with Gasteiger partial charge in [-0.25, -0.2) is 0 Å². The Labute approximate surface area is 158 Å². The molecule has 1 aromatic heterocycles. The van der Waals surface area contributed by atoms with Crippen molar-refractivity contribution >= 4 is 34.0 Å². The first-order chi connectivity index (χ1) is 12.8. The van der Waals surface area contributed by atoms with Gasteiger partial charge in [0.15, 0.2) is 21.6 Å². The molecule has 1 aliphatic heterocycles. The standard InChI is InChI=1S/C18H15N3O3S2/c22-14(13-6-7-15-16(8-13)24-11-23-15)10-25-18-21-20-17(26-18)19-9-12-4-2-1-3-5-12/h1-8H,9-11H2,(H,19,20). The van der Waals surface area contributed by atoms with Gasteiger partial charge in [0.05, 0.1) is 5.75 Å². The third kappa shape index (κ3) is 3.97. The number of Topliss-reactive ketones (excluding diaryl/α,β-unsaturated/α-hetero) is 1. The molecule has 0 spiro atoms. The van der Waals surface area contributed by atoms with E-state index in [1.54, 1.807) is 18.2 Å². The Morgan fingerprint density at radius 2 is 1.96 bits per heavy atom. The van der Waals surface area contributed by atoms with Gasteiger partial charge in [0.25, 0.3) is 0 Å². The van der Waals surface area contributed by atoms with Crippen molar-refractivity contribution in [1.29, 1.82) is 0 Å². The lowest BCUT2D eigenvalue weighted by Crippen LogP contribution is -2.02. The number of benzene rings is 2. The summed E-state index contributed by atoms with van der Waals surface area (Å²) in [6.07, 6.45) is 0. The molecule has 0 amide bonds. The molecule has 26 heavy (non-hydrogen) atoms. The van der Waals surface area contributed by atoms with Crippen LogP contribution in [0.4, 0.5) is 5.13 Å². The van der Waals surface area contributed by atoms with Crippen LogP contribution < -0.4 is 14.8 Å². The van der Waals surface area contributed by atoms with E-state index in [1.807, 2.05) is 30.3 Å². The summed E-state index contributed by atoms with van der Waals surface area (Å²) >= 11 is 2.82. The van der Waals surface area contributed by atoms with Crippen molar-refractivity contribution in [3.05, 3.63) is 59.7 Å². The number of ketones is 1. The number of fused-ring (bicyclic) bond motifs is 1. The minimum atomic E-state index is 0.0160. The van der Waals surface area contributed by atoms with Crippen LogP contribution in [0.25, 0.3) is 0 Å². The number of hydrogen-bond acceptors (Lipinski definition) is 8. The number of rotatable bonds is 7. The van der Waals surface area contributed by atoms with Crippen molar-refractivity contribution in [2.75, 3.05) is 17.9 Å². The monoisotopic (exact) mass is 385 g/mol. The fourth-order valence-corrected chi connectivity index (χ4v) is 4.04. The molecule has 2 heterocycles. The normalized spacial score (nSPS) is 12.2. The Balaban J connectivity index is 1.31. The zero-order chi connectivity index (χ0) is 17.8. The summed E-state index contributed by atoms with van der Waals surface area (Å²) in [5.74, 6) is 1.60. The van der Waals surface area contributed by atoms with Gasteiger partial charge in [0, 0.05) is 12.1 Å². The minimum absolute atomic E-state index is 0.0160. The first-order valence-corrected chi connectivity index (χ1v) is 9.75. The van der Waals surface area contributed by atoms with Crippen LogP contribution in [-0.4, -0.2) is 28.5 Å². The van der Waals surface area contributed by atoms with Crippen LogP contribution in [0.3, 0.4) is 0 Å². The Morgan fingerprint density at radius 3 is 2.85 bits per heavy atom.